The summed E-state index contributed by atoms with van der Waals surface area (Å²) in [6.07, 6.45) is 3.03. The van der Waals surface area contributed by atoms with E-state index in [1.807, 2.05) is 19.1 Å². The summed E-state index contributed by atoms with van der Waals surface area (Å²) >= 11 is 0. The summed E-state index contributed by atoms with van der Waals surface area (Å²) < 4.78 is 12.5. The number of aromatic nitrogens is 2. The number of amides is 1. The van der Waals surface area contributed by atoms with Crippen molar-refractivity contribution in [3.8, 4) is 17.4 Å². The Hall–Kier alpha value is -3.94. The summed E-state index contributed by atoms with van der Waals surface area (Å²) in [5, 5.41) is 20.5. The minimum atomic E-state index is -0.530. The lowest BCUT2D eigenvalue weighted by Gasteiger charge is -2.07. The topological polar surface area (TPSA) is 98.3 Å². The van der Waals surface area contributed by atoms with E-state index in [9.17, 15) is 9.90 Å². The second-order valence-electron chi connectivity index (χ2n) is 8.11. The van der Waals surface area contributed by atoms with E-state index >= 15 is 0 Å². The first kappa shape index (κ1) is 23.2. The van der Waals surface area contributed by atoms with E-state index in [2.05, 4.69) is 22.1 Å². The highest BCUT2D eigenvalue weighted by Gasteiger charge is 2.19. The Bertz CT molecular complexity index is 1390. The molecule has 2 aromatic carbocycles. The van der Waals surface area contributed by atoms with Crippen molar-refractivity contribution in [2.45, 2.75) is 39.7 Å². The molecule has 1 N–H and O–H groups in total. The summed E-state index contributed by atoms with van der Waals surface area (Å²) in [5.41, 5.74) is 2.78. The molecule has 0 bridgehead atoms. The molecular weight excluding hydrogens is 432 g/mol. The molecule has 0 unspecified atom stereocenters. The van der Waals surface area contributed by atoms with Crippen LogP contribution in [0.1, 0.15) is 42.2 Å². The quantitative estimate of drug-likeness (QED) is 0.244. The average Bonchev–Trinajstić information content (AvgIpc) is 3.11. The van der Waals surface area contributed by atoms with E-state index in [0.717, 1.165) is 24.8 Å². The molecule has 2 heterocycles. The van der Waals surface area contributed by atoms with Crippen LogP contribution in [-0.2, 0) is 6.54 Å². The van der Waals surface area contributed by atoms with Crippen molar-refractivity contribution in [1.82, 2.24) is 9.55 Å². The SMILES string of the molecule is CCCCCn1c(O)c(N=NC(=O)c2cc(C)nc3ccc(OC)cc23)c2cc(OC)ccc21. The van der Waals surface area contributed by atoms with Crippen LogP contribution < -0.4 is 9.47 Å². The van der Waals surface area contributed by atoms with Gasteiger partial charge in [0.15, 0.2) is 5.69 Å². The van der Waals surface area contributed by atoms with Gasteiger partial charge < -0.3 is 19.1 Å². The van der Waals surface area contributed by atoms with Crippen molar-refractivity contribution >= 4 is 33.4 Å². The second-order valence-corrected chi connectivity index (χ2v) is 8.11. The Morgan fingerprint density at radius 3 is 2.44 bits per heavy atom. The number of aromatic hydroxyl groups is 1. The zero-order chi connectivity index (χ0) is 24.2. The third-order valence-electron chi connectivity index (χ3n) is 5.82. The van der Waals surface area contributed by atoms with Gasteiger partial charge in [-0.3, -0.25) is 9.78 Å². The van der Waals surface area contributed by atoms with Crippen LogP contribution in [0.4, 0.5) is 5.69 Å². The molecule has 0 fully saturated rings. The lowest BCUT2D eigenvalue weighted by Crippen LogP contribution is -1.99. The van der Waals surface area contributed by atoms with Gasteiger partial charge in [-0.1, -0.05) is 19.8 Å². The van der Waals surface area contributed by atoms with Gasteiger partial charge in [-0.25, -0.2) is 0 Å². The average molecular weight is 461 g/mol. The number of nitrogens with zero attached hydrogens (tertiary/aromatic N) is 4. The number of ether oxygens (including phenoxy) is 2. The monoisotopic (exact) mass is 460 g/mol. The number of carbonyl (C=O) groups excluding carboxylic acids is 1. The lowest BCUT2D eigenvalue weighted by molar-refractivity contribution is 0.0996. The first-order chi connectivity index (χ1) is 16.5. The molecule has 4 aromatic rings. The van der Waals surface area contributed by atoms with Crippen molar-refractivity contribution in [3.05, 3.63) is 53.7 Å². The molecule has 0 saturated heterocycles. The molecule has 0 spiro atoms. The van der Waals surface area contributed by atoms with Crippen LogP contribution in [0.3, 0.4) is 0 Å². The van der Waals surface area contributed by atoms with Crippen molar-refractivity contribution in [2.75, 3.05) is 14.2 Å². The van der Waals surface area contributed by atoms with E-state index in [0.29, 0.717) is 45.6 Å². The van der Waals surface area contributed by atoms with Gasteiger partial charge in [-0.2, -0.15) is 0 Å². The van der Waals surface area contributed by atoms with Gasteiger partial charge in [-0.15, -0.1) is 10.2 Å². The zero-order valence-corrected chi connectivity index (χ0v) is 19.8. The van der Waals surface area contributed by atoms with Crippen LogP contribution >= 0.6 is 0 Å². The number of carbonyl (C=O) groups is 1. The predicted octanol–water partition coefficient (Wildman–Crippen LogP) is 6.34. The fraction of sp³-hybridized carbons (Fsp3) is 0.308. The van der Waals surface area contributed by atoms with Gasteiger partial charge in [0, 0.05) is 23.0 Å². The largest absolute Gasteiger partial charge is 0.497 e. The number of azo groups is 1. The van der Waals surface area contributed by atoms with E-state index in [1.165, 1.54) is 0 Å². The Labute approximate surface area is 197 Å². The van der Waals surface area contributed by atoms with E-state index in [-0.39, 0.29) is 11.6 Å². The maximum atomic E-state index is 13.1. The molecule has 8 nitrogen and oxygen atoms in total. The highest BCUT2D eigenvalue weighted by atomic mass is 16.5. The maximum absolute atomic E-state index is 13.1. The number of benzene rings is 2. The van der Waals surface area contributed by atoms with Crippen LogP contribution in [0.2, 0.25) is 0 Å². The number of fused-ring (bicyclic) bond motifs is 2. The number of hydrogen-bond acceptors (Lipinski definition) is 6. The highest BCUT2D eigenvalue weighted by molar-refractivity contribution is 6.07. The minimum Gasteiger partial charge on any atom is -0.497 e. The summed E-state index contributed by atoms with van der Waals surface area (Å²) in [4.78, 5) is 17.6. The van der Waals surface area contributed by atoms with Crippen LogP contribution in [0.15, 0.2) is 52.7 Å². The predicted molar refractivity (Wildman–Crippen MR) is 132 cm³/mol. The Kier molecular flexibility index (Phi) is 6.77. The molecule has 4 rings (SSSR count). The number of hydrogen-bond donors (Lipinski definition) is 1. The minimum absolute atomic E-state index is 0.0201. The maximum Gasteiger partial charge on any atom is 0.296 e. The van der Waals surface area contributed by atoms with E-state index in [4.69, 9.17) is 9.47 Å². The van der Waals surface area contributed by atoms with Gasteiger partial charge in [0.25, 0.3) is 5.91 Å². The molecular formula is C26H28N4O4. The number of pyridine rings is 1. The molecule has 0 aliphatic rings. The van der Waals surface area contributed by atoms with Crippen molar-refractivity contribution in [1.29, 1.82) is 0 Å². The Balaban J connectivity index is 1.78. The molecule has 0 atom stereocenters. The summed E-state index contributed by atoms with van der Waals surface area (Å²) in [6, 6.07) is 12.5. The normalized spacial score (nSPS) is 11.5. The fourth-order valence-corrected chi connectivity index (χ4v) is 4.06. The van der Waals surface area contributed by atoms with Crippen molar-refractivity contribution < 1.29 is 19.4 Å². The van der Waals surface area contributed by atoms with E-state index in [1.54, 1.807) is 49.1 Å². The Morgan fingerprint density at radius 2 is 1.74 bits per heavy atom. The summed E-state index contributed by atoms with van der Waals surface area (Å²) in [7, 11) is 3.15. The standard InChI is InChI=1S/C26H28N4O4/c1-5-6-7-12-30-23-11-9-18(34-4)15-21(23)24(26(30)32)28-29-25(31)20-13-16(2)27-22-10-8-17(33-3)14-19(20)22/h8-11,13-15,32H,5-7,12H2,1-4H3. The molecule has 2 aromatic heterocycles. The van der Waals surface area contributed by atoms with Gasteiger partial charge in [-0.05, 0) is 55.8 Å². The number of methoxy groups -OCH3 is 2. The van der Waals surface area contributed by atoms with Crippen LogP contribution in [0.25, 0.3) is 21.8 Å². The zero-order valence-electron chi connectivity index (χ0n) is 19.8. The van der Waals surface area contributed by atoms with Crippen molar-refractivity contribution in [3.63, 3.8) is 0 Å². The first-order valence-electron chi connectivity index (χ1n) is 11.3. The molecule has 0 radical (unpaired) electrons. The molecule has 0 aliphatic heterocycles. The molecule has 0 aliphatic carbocycles. The number of rotatable bonds is 8. The van der Waals surface area contributed by atoms with Gasteiger partial charge >= 0.3 is 0 Å². The molecule has 34 heavy (non-hydrogen) atoms. The molecule has 8 heteroatoms. The lowest BCUT2D eigenvalue weighted by atomic mass is 10.1. The van der Waals surface area contributed by atoms with Crippen LogP contribution in [0, 0.1) is 6.92 Å². The van der Waals surface area contributed by atoms with Gasteiger partial charge in [0.05, 0.1) is 30.8 Å². The van der Waals surface area contributed by atoms with Gasteiger partial charge in [0.1, 0.15) is 11.5 Å². The third-order valence-corrected chi connectivity index (χ3v) is 5.82. The first-order valence-corrected chi connectivity index (χ1v) is 11.3. The summed E-state index contributed by atoms with van der Waals surface area (Å²) in [6.45, 7) is 4.59. The second kappa shape index (κ2) is 9.91. The number of aryl methyl sites for hydroxylation is 2. The fourth-order valence-electron chi connectivity index (χ4n) is 4.06. The highest BCUT2D eigenvalue weighted by Crippen LogP contribution is 2.41. The third kappa shape index (κ3) is 4.44. The smallest absolute Gasteiger partial charge is 0.296 e. The van der Waals surface area contributed by atoms with Crippen molar-refractivity contribution in [2.24, 2.45) is 10.2 Å². The molecule has 0 saturated carbocycles. The van der Waals surface area contributed by atoms with Crippen LogP contribution in [-0.4, -0.2) is 34.8 Å². The molecule has 1 amide bonds. The van der Waals surface area contributed by atoms with E-state index < -0.39 is 5.91 Å². The van der Waals surface area contributed by atoms with Gasteiger partial charge in [0.2, 0.25) is 5.88 Å². The van der Waals surface area contributed by atoms with Crippen LogP contribution in [0.5, 0.6) is 17.4 Å². The molecule has 176 valence electrons. The Morgan fingerprint density at radius 1 is 1.03 bits per heavy atom. The number of unbranched alkanes of at least 4 members (excludes halogenated alkanes) is 2. The summed E-state index contributed by atoms with van der Waals surface area (Å²) in [5.74, 6) is 0.694.